The van der Waals surface area contributed by atoms with Crippen molar-refractivity contribution in [2.45, 2.75) is 13.1 Å². The average Bonchev–Trinajstić information content (AvgIpc) is 3.50. The zero-order valence-corrected chi connectivity index (χ0v) is 19.0. The number of hydrogen-bond donors (Lipinski definition) is 0. The van der Waals surface area contributed by atoms with Gasteiger partial charge >= 0.3 is 6.18 Å². The lowest BCUT2D eigenvalue weighted by molar-refractivity contribution is -0.142. The second kappa shape index (κ2) is 8.51. The molecule has 0 saturated heterocycles. The Morgan fingerprint density at radius 3 is 2.43 bits per heavy atom. The van der Waals surface area contributed by atoms with Gasteiger partial charge in [0.1, 0.15) is 17.1 Å². The number of aryl methyl sites for hydroxylation is 1. The molecule has 0 aliphatic rings. The molecule has 0 bridgehead atoms. The van der Waals surface area contributed by atoms with Gasteiger partial charge in [-0.05, 0) is 30.3 Å². The molecule has 178 valence electrons. The smallest absolute Gasteiger partial charge is 0.421 e. The topological polar surface area (TPSA) is 82.8 Å². The van der Waals surface area contributed by atoms with Crippen molar-refractivity contribution in [2.24, 2.45) is 0 Å². The highest BCUT2D eigenvalue weighted by molar-refractivity contribution is 6.33. The van der Waals surface area contributed by atoms with Gasteiger partial charge < -0.3 is 8.94 Å². The minimum Gasteiger partial charge on any atom is -0.421 e. The van der Waals surface area contributed by atoms with E-state index in [1.165, 1.54) is 43.3 Å². The summed E-state index contributed by atoms with van der Waals surface area (Å²) in [6.45, 7) is 1.48. The first-order valence-corrected chi connectivity index (χ1v) is 10.6. The highest BCUT2D eigenvalue weighted by Crippen LogP contribution is 2.46. The van der Waals surface area contributed by atoms with Gasteiger partial charge in [0.05, 0.1) is 28.0 Å². The van der Waals surface area contributed by atoms with E-state index < -0.39 is 29.0 Å². The van der Waals surface area contributed by atoms with Crippen molar-refractivity contribution in [3.63, 3.8) is 0 Å². The fourth-order valence-corrected chi connectivity index (χ4v) is 3.99. The number of halogens is 6. The second-order valence-corrected chi connectivity index (χ2v) is 8.10. The Kier molecular flexibility index (Phi) is 5.60. The quantitative estimate of drug-likeness (QED) is 0.235. The van der Waals surface area contributed by atoms with Crippen LogP contribution < -0.4 is 0 Å². The van der Waals surface area contributed by atoms with Crippen molar-refractivity contribution >= 4 is 23.2 Å². The molecule has 0 atom stereocenters. The Morgan fingerprint density at radius 2 is 1.77 bits per heavy atom. The molecule has 0 aliphatic carbocycles. The zero-order chi connectivity index (χ0) is 24.9. The minimum absolute atomic E-state index is 0.0481. The van der Waals surface area contributed by atoms with Crippen LogP contribution in [0.15, 0.2) is 57.6 Å². The van der Waals surface area contributed by atoms with Gasteiger partial charge in [-0.15, -0.1) is 10.2 Å². The summed E-state index contributed by atoms with van der Waals surface area (Å²) in [7, 11) is 0. The van der Waals surface area contributed by atoms with Crippen molar-refractivity contribution in [1.29, 1.82) is 0 Å². The van der Waals surface area contributed by atoms with Crippen LogP contribution in [0.5, 0.6) is 0 Å². The molecule has 0 radical (unpaired) electrons. The van der Waals surface area contributed by atoms with E-state index in [4.69, 9.17) is 32.1 Å². The predicted octanol–water partition coefficient (Wildman–Crippen LogP) is 7.02. The van der Waals surface area contributed by atoms with Crippen LogP contribution in [-0.2, 0) is 6.18 Å². The highest BCUT2D eigenvalue weighted by Gasteiger charge is 2.42. The van der Waals surface area contributed by atoms with Gasteiger partial charge in [-0.25, -0.2) is 9.07 Å². The molecule has 35 heavy (non-hydrogen) atoms. The Balaban J connectivity index is 1.81. The summed E-state index contributed by atoms with van der Waals surface area (Å²) in [6, 6.07) is 9.62. The lowest BCUT2D eigenvalue weighted by Gasteiger charge is -2.12. The monoisotopic (exact) mass is 523 g/mol. The Labute approximate surface area is 203 Å². The summed E-state index contributed by atoms with van der Waals surface area (Å²) >= 11 is 12.2. The van der Waals surface area contributed by atoms with Gasteiger partial charge in [-0.3, -0.25) is 0 Å². The molecule has 3 heterocycles. The Hall–Kier alpha value is -3.70. The van der Waals surface area contributed by atoms with Crippen LogP contribution >= 0.6 is 23.2 Å². The largest absolute Gasteiger partial charge is 0.434 e. The lowest BCUT2D eigenvalue weighted by atomic mass is 10.0. The normalized spacial score (nSPS) is 11.9. The van der Waals surface area contributed by atoms with E-state index in [9.17, 15) is 17.6 Å². The van der Waals surface area contributed by atoms with Gasteiger partial charge in [0.15, 0.2) is 11.5 Å². The third-order valence-electron chi connectivity index (χ3n) is 4.97. The third kappa shape index (κ3) is 4.06. The molecule has 7 nitrogen and oxygen atoms in total. The van der Waals surface area contributed by atoms with Crippen molar-refractivity contribution in [2.75, 3.05) is 0 Å². The molecule has 0 spiro atoms. The standard InChI is InChI=1S/C22H11Cl2F4N5O2/c1-10-30-31-21(34-10)17-18(16-14(24)6-3-7-15(16)25)32-35-19(17)13-9-29-33(20(13)22(26,27)28)12-5-2-4-11(23)8-12/h2-9H,1H3. The molecule has 0 unspecified atom stereocenters. The Bertz CT molecular complexity index is 1540. The van der Waals surface area contributed by atoms with Crippen LogP contribution in [0.1, 0.15) is 11.6 Å². The van der Waals surface area contributed by atoms with E-state index in [2.05, 4.69) is 20.5 Å². The van der Waals surface area contributed by atoms with Gasteiger partial charge in [0.2, 0.25) is 5.89 Å². The number of nitrogens with zero attached hydrogens (tertiary/aromatic N) is 5. The minimum atomic E-state index is -4.89. The van der Waals surface area contributed by atoms with Crippen molar-refractivity contribution in [1.82, 2.24) is 25.1 Å². The molecular weight excluding hydrogens is 513 g/mol. The molecule has 0 N–H and O–H groups in total. The maximum Gasteiger partial charge on any atom is 0.434 e. The first-order chi connectivity index (χ1) is 16.6. The van der Waals surface area contributed by atoms with E-state index in [0.29, 0.717) is 4.68 Å². The van der Waals surface area contributed by atoms with Gasteiger partial charge in [0, 0.05) is 11.9 Å². The Morgan fingerprint density at radius 1 is 1.00 bits per heavy atom. The SMILES string of the molecule is Cc1nnc(-c2c(-c3c(F)cccc3Cl)noc2-c2cnn(-c3cccc(Cl)c3)c2C(F)(F)F)o1. The van der Waals surface area contributed by atoms with Crippen LogP contribution in [0.4, 0.5) is 17.6 Å². The summed E-state index contributed by atoms with van der Waals surface area (Å²) in [6.07, 6.45) is -3.94. The number of hydrogen-bond acceptors (Lipinski definition) is 6. The maximum absolute atomic E-state index is 14.7. The first kappa shape index (κ1) is 23.1. The summed E-state index contributed by atoms with van der Waals surface area (Å²) < 4.78 is 69.2. The third-order valence-corrected chi connectivity index (χ3v) is 5.52. The van der Waals surface area contributed by atoms with E-state index in [1.807, 2.05) is 0 Å². The van der Waals surface area contributed by atoms with Gasteiger partial charge in [0.25, 0.3) is 5.89 Å². The van der Waals surface area contributed by atoms with E-state index in [-0.39, 0.29) is 44.3 Å². The molecule has 13 heteroatoms. The lowest BCUT2D eigenvalue weighted by Crippen LogP contribution is -2.14. The van der Waals surface area contributed by atoms with Crippen LogP contribution in [0.3, 0.4) is 0 Å². The number of benzene rings is 2. The van der Waals surface area contributed by atoms with Crippen LogP contribution in [-0.4, -0.2) is 25.1 Å². The van der Waals surface area contributed by atoms with Gasteiger partial charge in [-0.2, -0.15) is 18.3 Å². The first-order valence-electron chi connectivity index (χ1n) is 9.81. The van der Waals surface area contributed by atoms with Crippen molar-refractivity contribution < 1.29 is 26.5 Å². The molecule has 5 rings (SSSR count). The molecular formula is C22H11Cl2F4N5O2. The van der Waals surface area contributed by atoms with E-state index in [0.717, 1.165) is 12.3 Å². The van der Waals surface area contributed by atoms with Crippen molar-refractivity contribution in [3.05, 3.63) is 76.1 Å². The van der Waals surface area contributed by atoms with E-state index >= 15 is 0 Å². The number of rotatable bonds is 4. The molecule has 0 fully saturated rings. The number of alkyl halides is 3. The van der Waals surface area contributed by atoms with Crippen LogP contribution in [0.2, 0.25) is 10.0 Å². The summed E-state index contributed by atoms with van der Waals surface area (Å²) in [5.74, 6) is -1.32. The fourth-order valence-electron chi connectivity index (χ4n) is 3.56. The van der Waals surface area contributed by atoms with Crippen LogP contribution in [0.25, 0.3) is 39.7 Å². The highest BCUT2D eigenvalue weighted by atomic mass is 35.5. The fraction of sp³-hybridized carbons (Fsp3) is 0.0909. The summed E-state index contributed by atoms with van der Waals surface area (Å²) in [4.78, 5) is 0. The molecule has 2 aromatic carbocycles. The molecule has 3 aromatic heterocycles. The predicted molar refractivity (Wildman–Crippen MR) is 118 cm³/mol. The average molecular weight is 524 g/mol. The van der Waals surface area contributed by atoms with Gasteiger partial charge in [-0.1, -0.05) is 40.5 Å². The van der Waals surface area contributed by atoms with Crippen LogP contribution in [0, 0.1) is 12.7 Å². The zero-order valence-electron chi connectivity index (χ0n) is 17.4. The maximum atomic E-state index is 14.7. The second-order valence-electron chi connectivity index (χ2n) is 7.25. The summed E-state index contributed by atoms with van der Waals surface area (Å²) in [5, 5.41) is 15.5. The number of aromatic nitrogens is 5. The molecule has 5 aromatic rings. The molecule has 0 amide bonds. The molecule has 0 saturated carbocycles. The van der Waals surface area contributed by atoms with Crippen molar-refractivity contribution in [3.8, 4) is 39.7 Å². The molecule has 0 aliphatic heterocycles. The van der Waals surface area contributed by atoms with E-state index in [1.54, 1.807) is 0 Å². The summed E-state index contributed by atoms with van der Waals surface area (Å²) in [5.41, 5.74) is -2.20.